The van der Waals surface area contributed by atoms with Crippen LogP contribution in [-0.4, -0.2) is 56.3 Å². The fraction of sp³-hybridized carbons (Fsp3) is 0.478. The number of para-hydroxylation sites is 1. The fourth-order valence-corrected chi connectivity index (χ4v) is 6.92. The molecule has 1 saturated heterocycles. The quantitative estimate of drug-likeness (QED) is 0.423. The molecule has 9 heteroatoms. The number of hydrogen-bond acceptors (Lipinski definition) is 8. The molecule has 166 valence electrons. The van der Waals surface area contributed by atoms with Crippen molar-refractivity contribution < 1.29 is 0 Å². The first-order chi connectivity index (χ1) is 15.9. The van der Waals surface area contributed by atoms with Gasteiger partial charge in [0.25, 0.3) is 0 Å². The van der Waals surface area contributed by atoms with Gasteiger partial charge in [-0.1, -0.05) is 48.8 Å². The van der Waals surface area contributed by atoms with Gasteiger partial charge in [-0.25, -0.2) is 9.67 Å². The average Bonchev–Trinajstić information content (AvgIpc) is 3.61. The molecule has 1 aliphatic heterocycles. The fourth-order valence-electron chi connectivity index (χ4n) is 5.05. The topological polar surface area (TPSA) is 63.0 Å². The van der Waals surface area contributed by atoms with Gasteiger partial charge in [-0.15, -0.1) is 16.4 Å². The Bertz CT molecular complexity index is 1120. The Morgan fingerprint density at radius 1 is 0.938 bits per heavy atom. The summed E-state index contributed by atoms with van der Waals surface area (Å²) < 4.78 is 3.40. The summed E-state index contributed by atoms with van der Waals surface area (Å²) in [5, 5.41) is 16.5. The van der Waals surface area contributed by atoms with Crippen molar-refractivity contribution in [2.45, 2.75) is 44.2 Å². The van der Waals surface area contributed by atoms with Crippen LogP contribution < -0.4 is 4.90 Å². The minimum Gasteiger partial charge on any atom is -0.345 e. The third kappa shape index (κ3) is 3.82. The van der Waals surface area contributed by atoms with E-state index in [-0.39, 0.29) is 6.04 Å². The highest BCUT2D eigenvalue weighted by atomic mass is 32.1. The maximum absolute atomic E-state index is 4.87. The Hall–Kier alpha value is -2.36. The molecule has 1 aliphatic carbocycles. The molecule has 3 aromatic heterocycles. The normalized spacial score (nSPS) is 19.6. The molecule has 0 bridgehead atoms. The van der Waals surface area contributed by atoms with Gasteiger partial charge in [0.2, 0.25) is 0 Å². The Labute approximate surface area is 195 Å². The first-order valence-corrected chi connectivity index (χ1v) is 13.2. The van der Waals surface area contributed by atoms with Crippen molar-refractivity contribution in [3.63, 3.8) is 0 Å². The zero-order chi connectivity index (χ0) is 21.3. The van der Waals surface area contributed by atoms with Gasteiger partial charge in [0.15, 0.2) is 11.0 Å². The van der Waals surface area contributed by atoms with Gasteiger partial charge in [-0.2, -0.15) is 0 Å². The maximum Gasteiger partial charge on any atom is 0.186 e. The molecule has 1 saturated carbocycles. The lowest BCUT2D eigenvalue weighted by Gasteiger charge is -2.38. The van der Waals surface area contributed by atoms with Crippen molar-refractivity contribution in [1.82, 2.24) is 30.1 Å². The van der Waals surface area contributed by atoms with Crippen LogP contribution in [0.25, 0.3) is 10.2 Å². The highest BCUT2D eigenvalue weighted by molar-refractivity contribution is 7.22. The zero-order valence-electron chi connectivity index (χ0n) is 18.0. The molecule has 7 nitrogen and oxygen atoms in total. The summed E-state index contributed by atoms with van der Waals surface area (Å²) >= 11 is 3.60. The van der Waals surface area contributed by atoms with Crippen LogP contribution in [0.2, 0.25) is 0 Å². The second kappa shape index (κ2) is 8.88. The molecule has 1 atom stereocenters. The lowest BCUT2D eigenvalue weighted by Crippen LogP contribution is -2.48. The van der Waals surface area contributed by atoms with Crippen LogP contribution in [0, 0.1) is 0 Å². The smallest absolute Gasteiger partial charge is 0.186 e. The van der Waals surface area contributed by atoms with E-state index in [1.165, 1.54) is 41.7 Å². The predicted molar refractivity (Wildman–Crippen MR) is 130 cm³/mol. The standard InChI is InChI=1S/C23H27N7S2/c1-2-7-17(8-3-1)30-22(25-26-27-30)21(20-11-6-16-31-20)28-12-14-29(15-13-28)23-24-18-9-4-5-10-19(18)32-23/h4-6,9-11,16-17,21H,1-3,7-8,12-15H2/t21-/m0/s1. The van der Waals surface area contributed by atoms with Crippen LogP contribution in [-0.2, 0) is 0 Å². The van der Waals surface area contributed by atoms with Gasteiger partial charge in [0.05, 0.1) is 16.3 Å². The Morgan fingerprint density at radius 3 is 2.56 bits per heavy atom. The lowest BCUT2D eigenvalue weighted by atomic mass is 9.95. The Kier molecular flexibility index (Phi) is 5.62. The first kappa shape index (κ1) is 20.3. The second-order valence-electron chi connectivity index (χ2n) is 8.68. The van der Waals surface area contributed by atoms with E-state index in [0.29, 0.717) is 6.04 Å². The second-order valence-corrected chi connectivity index (χ2v) is 10.7. The van der Waals surface area contributed by atoms with E-state index in [9.17, 15) is 0 Å². The summed E-state index contributed by atoms with van der Waals surface area (Å²) in [5.41, 5.74) is 1.10. The van der Waals surface area contributed by atoms with E-state index in [4.69, 9.17) is 4.98 Å². The van der Waals surface area contributed by atoms with Gasteiger partial charge in [-0.05, 0) is 46.8 Å². The molecular formula is C23H27N7S2. The Balaban J connectivity index is 1.25. The Morgan fingerprint density at radius 2 is 1.78 bits per heavy atom. The minimum absolute atomic E-state index is 0.115. The summed E-state index contributed by atoms with van der Waals surface area (Å²) in [6.07, 6.45) is 6.24. The summed E-state index contributed by atoms with van der Waals surface area (Å²) in [5.74, 6) is 1.01. The van der Waals surface area contributed by atoms with Gasteiger partial charge in [0, 0.05) is 31.1 Å². The molecule has 4 aromatic rings. The zero-order valence-corrected chi connectivity index (χ0v) is 19.6. The van der Waals surface area contributed by atoms with Crippen LogP contribution >= 0.6 is 22.7 Å². The van der Waals surface area contributed by atoms with Crippen molar-refractivity contribution in [3.8, 4) is 0 Å². The molecule has 0 radical (unpaired) electrons. The molecule has 2 fully saturated rings. The summed E-state index contributed by atoms with van der Waals surface area (Å²) in [4.78, 5) is 11.2. The highest BCUT2D eigenvalue weighted by Crippen LogP contribution is 2.36. The first-order valence-electron chi connectivity index (χ1n) is 11.5. The molecule has 2 aliphatic rings. The van der Waals surface area contributed by atoms with Crippen molar-refractivity contribution in [1.29, 1.82) is 0 Å². The van der Waals surface area contributed by atoms with Crippen LogP contribution in [0.5, 0.6) is 0 Å². The number of thiazole rings is 1. The number of thiophene rings is 1. The SMILES string of the molecule is c1csc([C@@H](c2nnnn2C2CCCCC2)N2CCN(c3nc4ccccc4s3)CC2)c1. The monoisotopic (exact) mass is 465 g/mol. The van der Waals surface area contributed by atoms with E-state index in [2.05, 4.69) is 71.8 Å². The van der Waals surface area contributed by atoms with Crippen LogP contribution in [0.4, 0.5) is 5.13 Å². The molecule has 4 heterocycles. The molecule has 0 amide bonds. The molecule has 32 heavy (non-hydrogen) atoms. The number of benzene rings is 1. The largest absolute Gasteiger partial charge is 0.345 e. The predicted octanol–water partition coefficient (Wildman–Crippen LogP) is 4.76. The summed E-state index contributed by atoms with van der Waals surface area (Å²) in [7, 11) is 0. The van der Waals surface area contributed by atoms with E-state index in [0.717, 1.165) is 42.7 Å². The van der Waals surface area contributed by atoms with Crippen LogP contribution in [0.1, 0.15) is 54.9 Å². The number of tetrazole rings is 1. The molecule has 0 N–H and O–H groups in total. The van der Waals surface area contributed by atoms with E-state index >= 15 is 0 Å². The third-order valence-corrected chi connectivity index (χ3v) is 8.75. The summed E-state index contributed by atoms with van der Waals surface area (Å²) in [6, 6.07) is 13.3. The number of anilines is 1. The maximum atomic E-state index is 4.87. The molecular weight excluding hydrogens is 438 g/mol. The molecule has 0 unspecified atom stereocenters. The third-order valence-electron chi connectivity index (χ3n) is 6.73. The van der Waals surface area contributed by atoms with Crippen molar-refractivity contribution in [3.05, 3.63) is 52.5 Å². The number of hydrogen-bond donors (Lipinski definition) is 0. The van der Waals surface area contributed by atoms with Crippen molar-refractivity contribution >= 4 is 38.0 Å². The number of rotatable bonds is 5. The number of piperazine rings is 1. The highest BCUT2D eigenvalue weighted by Gasteiger charge is 2.33. The molecule has 0 spiro atoms. The van der Waals surface area contributed by atoms with Crippen LogP contribution in [0.3, 0.4) is 0 Å². The van der Waals surface area contributed by atoms with Crippen LogP contribution in [0.15, 0.2) is 41.8 Å². The van der Waals surface area contributed by atoms with E-state index in [1.807, 2.05) is 0 Å². The van der Waals surface area contributed by atoms with Crippen molar-refractivity contribution in [2.24, 2.45) is 0 Å². The van der Waals surface area contributed by atoms with E-state index < -0.39 is 0 Å². The number of fused-ring (bicyclic) bond motifs is 1. The molecule has 1 aromatic carbocycles. The van der Waals surface area contributed by atoms with Crippen molar-refractivity contribution in [2.75, 3.05) is 31.1 Å². The van der Waals surface area contributed by atoms with Gasteiger partial charge >= 0.3 is 0 Å². The van der Waals surface area contributed by atoms with Gasteiger partial charge < -0.3 is 4.90 Å². The average molecular weight is 466 g/mol. The summed E-state index contributed by atoms with van der Waals surface area (Å²) in [6.45, 7) is 3.87. The van der Waals surface area contributed by atoms with E-state index in [1.54, 1.807) is 22.7 Å². The number of aromatic nitrogens is 5. The lowest BCUT2D eigenvalue weighted by molar-refractivity contribution is 0.196. The van der Waals surface area contributed by atoms with Gasteiger partial charge in [-0.3, -0.25) is 4.90 Å². The minimum atomic E-state index is 0.115. The number of nitrogens with zero attached hydrogens (tertiary/aromatic N) is 7. The van der Waals surface area contributed by atoms with Gasteiger partial charge in [0.1, 0.15) is 6.04 Å². The molecule has 6 rings (SSSR count).